The first kappa shape index (κ1) is 12.2. The van der Waals surface area contributed by atoms with Crippen molar-refractivity contribution in [1.29, 1.82) is 0 Å². The Morgan fingerprint density at radius 1 is 1.40 bits per heavy atom. The number of aryl methyl sites for hydroxylation is 1. The minimum absolute atomic E-state index is 0.644. The van der Waals surface area contributed by atoms with Gasteiger partial charge < -0.3 is 0 Å². The van der Waals surface area contributed by atoms with Gasteiger partial charge in [0.25, 0.3) is 5.17 Å². The Morgan fingerprint density at radius 2 is 2.07 bits per heavy atom. The predicted molar refractivity (Wildman–Crippen MR) is 69.5 cm³/mol. The minimum atomic E-state index is 0.644. The van der Waals surface area contributed by atoms with Crippen LogP contribution in [0.2, 0.25) is 0 Å². The summed E-state index contributed by atoms with van der Waals surface area (Å²) in [5.74, 6) is 0. The number of aromatic nitrogens is 1. The summed E-state index contributed by atoms with van der Waals surface area (Å²) >= 11 is 1.67. The van der Waals surface area contributed by atoms with E-state index in [0.29, 0.717) is 4.48 Å². The molecular formula is C11H18N3S+. The molecule has 82 valence electrons. The first-order chi connectivity index (χ1) is 7.02. The van der Waals surface area contributed by atoms with E-state index in [0.717, 1.165) is 16.5 Å². The van der Waals surface area contributed by atoms with Gasteiger partial charge in [0.15, 0.2) is 5.69 Å². The molecule has 1 heterocycles. The lowest BCUT2D eigenvalue weighted by Crippen LogP contribution is -2.44. The molecule has 4 heteroatoms. The normalized spacial score (nSPS) is 13.0. The van der Waals surface area contributed by atoms with Crippen LogP contribution < -0.4 is 4.48 Å². The molecule has 0 aromatic carbocycles. The fraction of sp³-hybridized carbons (Fsp3) is 0.455. The molecule has 0 fully saturated rings. The van der Waals surface area contributed by atoms with Gasteiger partial charge in [0.1, 0.15) is 0 Å². The van der Waals surface area contributed by atoms with E-state index in [-0.39, 0.29) is 0 Å². The highest BCUT2D eigenvalue weighted by atomic mass is 32.2. The summed E-state index contributed by atoms with van der Waals surface area (Å²) in [6.45, 7) is 1.99. The van der Waals surface area contributed by atoms with E-state index < -0.39 is 0 Å². The van der Waals surface area contributed by atoms with Gasteiger partial charge in [-0.05, 0) is 31.0 Å². The van der Waals surface area contributed by atoms with Crippen LogP contribution in [0.3, 0.4) is 0 Å². The van der Waals surface area contributed by atoms with Gasteiger partial charge >= 0.3 is 0 Å². The van der Waals surface area contributed by atoms with Crippen molar-refractivity contribution in [3.63, 3.8) is 0 Å². The van der Waals surface area contributed by atoms with Crippen LogP contribution in [-0.2, 0) is 0 Å². The van der Waals surface area contributed by atoms with Gasteiger partial charge in [-0.3, -0.25) is 4.98 Å². The average molecular weight is 224 g/mol. The van der Waals surface area contributed by atoms with E-state index in [2.05, 4.69) is 30.1 Å². The number of pyridine rings is 1. The van der Waals surface area contributed by atoms with E-state index in [1.165, 1.54) is 0 Å². The van der Waals surface area contributed by atoms with Gasteiger partial charge in [0.05, 0.1) is 20.3 Å². The van der Waals surface area contributed by atoms with E-state index in [1.54, 1.807) is 11.8 Å². The highest BCUT2D eigenvalue weighted by Gasteiger charge is 2.26. The van der Waals surface area contributed by atoms with Crippen molar-refractivity contribution in [1.82, 2.24) is 9.47 Å². The topological polar surface area (TPSA) is 25.2 Å². The van der Waals surface area contributed by atoms with Crippen molar-refractivity contribution in [2.24, 2.45) is 4.99 Å². The Morgan fingerprint density at radius 3 is 2.47 bits per heavy atom. The smallest absolute Gasteiger partial charge is 0.255 e. The van der Waals surface area contributed by atoms with E-state index in [4.69, 9.17) is 0 Å². The third-order valence-electron chi connectivity index (χ3n) is 2.39. The predicted octanol–water partition coefficient (Wildman–Crippen LogP) is 2.31. The van der Waals surface area contributed by atoms with Crippen LogP contribution >= 0.6 is 11.8 Å². The molecule has 1 aromatic heterocycles. The van der Waals surface area contributed by atoms with Crippen molar-refractivity contribution in [2.45, 2.75) is 6.92 Å². The van der Waals surface area contributed by atoms with Crippen molar-refractivity contribution < 1.29 is 0 Å². The molecule has 0 radical (unpaired) electrons. The number of nitrogens with zero attached hydrogens (tertiary/aromatic N) is 3. The summed E-state index contributed by atoms with van der Waals surface area (Å²) < 4.78 is 0.644. The Hall–Kier alpha value is -0.870. The molecule has 15 heavy (non-hydrogen) atoms. The second-order valence-electron chi connectivity index (χ2n) is 3.82. The number of amidine groups is 1. The van der Waals surface area contributed by atoms with Crippen LogP contribution in [0.25, 0.3) is 0 Å². The molecule has 1 rings (SSSR count). The lowest BCUT2D eigenvalue weighted by Gasteiger charge is -2.27. The lowest BCUT2D eigenvalue weighted by atomic mass is 10.3. The van der Waals surface area contributed by atoms with E-state index in [9.17, 15) is 0 Å². The fourth-order valence-electron chi connectivity index (χ4n) is 1.47. The largest absolute Gasteiger partial charge is 0.263 e. The SMILES string of the molecule is CN=C(SC)[N+](C)(C)c1ccc(C)nc1. The number of aliphatic imine (C=N–C) groups is 1. The molecule has 0 atom stereocenters. The molecule has 0 spiro atoms. The van der Waals surface area contributed by atoms with Crippen LogP contribution in [-0.4, -0.2) is 37.6 Å². The summed E-state index contributed by atoms with van der Waals surface area (Å²) in [7, 11) is 6.06. The molecular weight excluding hydrogens is 206 g/mol. The highest BCUT2D eigenvalue weighted by Crippen LogP contribution is 2.22. The van der Waals surface area contributed by atoms with Gasteiger partial charge in [-0.15, -0.1) is 0 Å². The quantitative estimate of drug-likeness (QED) is 0.415. The molecule has 0 unspecified atom stereocenters. The van der Waals surface area contributed by atoms with Crippen molar-refractivity contribution in [3.8, 4) is 0 Å². The molecule has 0 aliphatic rings. The van der Waals surface area contributed by atoms with Crippen molar-refractivity contribution in [2.75, 3.05) is 27.4 Å². The highest BCUT2D eigenvalue weighted by molar-refractivity contribution is 8.13. The summed E-state index contributed by atoms with van der Waals surface area (Å²) in [5.41, 5.74) is 2.19. The second kappa shape index (κ2) is 4.77. The van der Waals surface area contributed by atoms with Gasteiger partial charge in [-0.2, -0.15) is 0 Å². The maximum Gasteiger partial charge on any atom is 0.263 e. The number of hydrogen-bond acceptors (Lipinski definition) is 3. The molecule has 0 aliphatic carbocycles. The Labute approximate surface area is 95.8 Å². The lowest BCUT2D eigenvalue weighted by molar-refractivity contribution is 0.602. The molecule has 0 aliphatic heterocycles. The first-order valence-corrected chi connectivity index (χ1v) is 6.03. The number of thioether (sulfide) groups is 1. The van der Waals surface area contributed by atoms with Crippen LogP contribution in [0.5, 0.6) is 0 Å². The van der Waals surface area contributed by atoms with Crippen molar-refractivity contribution >= 4 is 22.6 Å². The van der Waals surface area contributed by atoms with Gasteiger partial charge in [-0.25, -0.2) is 9.48 Å². The monoisotopic (exact) mass is 224 g/mol. The zero-order valence-electron chi connectivity index (χ0n) is 9.98. The Bertz CT molecular complexity index is 355. The molecule has 0 amide bonds. The maximum atomic E-state index is 4.32. The molecule has 0 saturated heterocycles. The molecule has 0 saturated carbocycles. The summed E-state index contributed by atoms with van der Waals surface area (Å²) in [5, 5.41) is 1.07. The number of quaternary nitrogens is 1. The van der Waals surface area contributed by atoms with Crippen LogP contribution in [0, 0.1) is 6.92 Å². The van der Waals surface area contributed by atoms with Crippen LogP contribution in [0.15, 0.2) is 23.3 Å². The zero-order valence-corrected chi connectivity index (χ0v) is 10.8. The standard InChI is InChI=1S/C11H18N3S/c1-9-6-7-10(8-13-9)14(3,4)11(12-2)15-5/h6-8H,1-5H3/q+1. The summed E-state index contributed by atoms with van der Waals surface area (Å²) in [4.78, 5) is 8.62. The molecule has 0 N–H and O–H groups in total. The van der Waals surface area contributed by atoms with Crippen LogP contribution in [0.1, 0.15) is 5.69 Å². The summed E-state index contributed by atoms with van der Waals surface area (Å²) in [6, 6.07) is 4.13. The third-order valence-corrected chi connectivity index (χ3v) is 3.40. The van der Waals surface area contributed by atoms with E-state index in [1.807, 2.05) is 32.5 Å². The first-order valence-electron chi connectivity index (χ1n) is 4.81. The van der Waals surface area contributed by atoms with Crippen molar-refractivity contribution in [3.05, 3.63) is 24.0 Å². The fourth-order valence-corrected chi connectivity index (χ4v) is 2.22. The Balaban J connectivity index is 3.10. The van der Waals surface area contributed by atoms with Gasteiger partial charge in [0, 0.05) is 18.8 Å². The average Bonchev–Trinajstić information content (AvgIpc) is 2.19. The van der Waals surface area contributed by atoms with Gasteiger partial charge in [-0.1, -0.05) is 0 Å². The molecule has 3 nitrogen and oxygen atoms in total. The minimum Gasteiger partial charge on any atom is -0.255 e. The number of hydrogen-bond donors (Lipinski definition) is 0. The summed E-state index contributed by atoms with van der Waals surface area (Å²) in [6.07, 6.45) is 3.96. The number of rotatable bonds is 1. The third kappa shape index (κ3) is 2.58. The second-order valence-corrected chi connectivity index (χ2v) is 4.59. The maximum absolute atomic E-state index is 4.32. The molecule has 0 bridgehead atoms. The molecule has 1 aromatic rings. The van der Waals surface area contributed by atoms with Crippen LogP contribution in [0.4, 0.5) is 5.69 Å². The Kier molecular flexibility index (Phi) is 3.88. The van der Waals surface area contributed by atoms with E-state index >= 15 is 0 Å². The van der Waals surface area contributed by atoms with Gasteiger partial charge in [0.2, 0.25) is 0 Å². The zero-order chi connectivity index (χ0) is 11.5.